The minimum atomic E-state index is -0.417. The molecule has 6 heteroatoms. The van der Waals surface area contributed by atoms with Gasteiger partial charge in [-0.2, -0.15) is 0 Å². The van der Waals surface area contributed by atoms with Crippen LogP contribution in [0, 0.1) is 26.6 Å². The van der Waals surface area contributed by atoms with Gasteiger partial charge in [-0.05, 0) is 56.0 Å². The molecule has 138 valence electrons. The van der Waals surface area contributed by atoms with Gasteiger partial charge in [0, 0.05) is 12.2 Å². The van der Waals surface area contributed by atoms with Crippen LogP contribution in [-0.2, 0) is 11.2 Å². The lowest BCUT2D eigenvalue weighted by atomic mass is 10.1. The fourth-order valence-corrected chi connectivity index (χ4v) is 2.76. The first-order valence-corrected chi connectivity index (χ1v) is 8.49. The van der Waals surface area contributed by atoms with Crippen molar-refractivity contribution < 1.29 is 14.0 Å². The molecule has 0 aromatic heterocycles. The molecular weight excluding hydrogens is 333 g/mol. The van der Waals surface area contributed by atoms with Crippen LogP contribution in [0.2, 0.25) is 0 Å². The van der Waals surface area contributed by atoms with Crippen LogP contribution in [0.25, 0.3) is 0 Å². The van der Waals surface area contributed by atoms with Crippen molar-refractivity contribution in [3.05, 3.63) is 64.5 Å². The van der Waals surface area contributed by atoms with E-state index in [-0.39, 0.29) is 18.3 Å². The van der Waals surface area contributed by atoms with Gasteiger partial charge in [-0.15, -0.1) is 0 Å². The molecule has 26 heavy (non-hydrogen) atoms. The van der Waals surface area contributed by atoms with E-state index in [1.165, 1.54) is 12.1 Å². The van der Waals surface area contributed by atoms with Crippen molar-refractivity contribution >= 4 is 17.6 Å². The summed E-state index contributed by atoms with van der Waals surface area (Å²) in [4.78, 5) is 23.8. The lowest BCUT2D eigenvalue weighted by Gasteiger charge is -2.13. The fraction of sp³-hybridized carbons (Fsp3) is 0.300. The predicted octanol–water partition coefficient (Wildman–Crippen LogP) is 3.23. The third kappa shape index (κ3) is 5.88. The number of anilines is 1. The van der Waals surface area contributed by atoms with Gasteiger partial charge in [-0.25, -0.2) is 9.18 Å². The Morgan fingerprint density at radius 3 is 2.19 bits per heavy atom. The normalized spacial score (nSPS) is 10.3. The highest BCUT2D eigenvalue weighted by molar-refractivity contribution is 5.95. The van der Waals surface area contributed by atoms with Gasteiger partial charge in [-0.3, -0.25) is 4.79 Å². The van der Waals surface area contributed by atoms with E-state index in [1.54, 1.807) is 12.1 Å². The number of benzene rings is 2. The summed E-state index contributed by atoms with van der Waals surface area (Å²) >= 11 is 0. The summed E-state index contributed by atoms with van der Waals surface area (Å²) in [5, 5.41) is 8.03. The lowest BCUT2D eigenvalue weighted by Crippen LogP contribution is -2.40. The standard InChI is InChI=1S/C20H24FN3O2/c1-13-10-14(2)19(15(3)11-13)24-18(25)12-23-20(26)22-9-8-16-4-6-17(21)7-5-16/h4-7,10-11H,8-9,12H2,1-3H3,(H,24,25)(H2,22,23,26). The monoisotopic (exact) mass is 357 g/mol. The van der Waals surface area contributed by atoms with E-state index < -0.39 is 6.03 Å². The van der Waals surface area contributed by atoms with E-state index in [2.05, 4.69) is 16.0 Å². The van der Waals surface area contributed by atoms with E-state index >= 15 is 0 Å². The van der Waals surface area contributed by atoms with Crippen molar-refractivity contribution in [2.75, 3.05) is 18.4 Å². The zero-order valence-electron chi connectivity index (χ0n) is 15.3. The summed E-state index contributed by atoms with van der Waals surface area (Å²) in [6.45, 7) is 6.16. The van der Waals surface area contributed by atoms with Crippen molar-refractivity contribution in [3.63, 3.8) is 0 Å². The number of rotatable bonds is 6. The number of aryl methyl sites for hydroxylation is 3. The predicted molar refractivity (Wildman–Crippen MR) is 101 cm³/mol. The van der Waals surface area contributed by atoms with Crippen molar-refractivity contribution in [3.8, 4) is 0 Å². The zero-order valence-corrected chi connectivity index (χ0v) is 15.3. The van der Waals surface area contributed by atoms with E-state index in [0.29, 0.717) is 13.0 Å². The number of urea groups is 1. The molecule has 0 saturated carbocycles. The quantitative estimate of drug-likeness (QED) is 0.743. The Labute approximate surface area is 153 Å². The summed E-state index contributed by atoms with van der Waals surface area (Å²) in [7, 11) is 0. The van der Waals surface area contributed by atoms with E-state index in [1.807, 2.05) is 32.9 Å². The number of amides is 3. The molecule has 2 aromatic carbocycles. The molecule has 0 aliphatic rings. The zero-order chi connectivity index (χ0) is 19.1. The van der Waals surface area contributed by atoms with Gasteiger partial charge in [0.05, 0.1) is 6.54 Å². The molecule has 0 aliphatic heterocycles. The molecule has 0 unspecified atom stereocenters. The number of carbonyl (C=O) groups is 2. The second-order valence-corrected chi connectivity index (χ2v) is 6.31. The molecule has 0 spiro atoms. The molecule has 2 rings (SSSR count). The summed E-state index contributed by atoms with van der Waals surface area (Å²) in [5.41, 5.74) is 4.81. The van der Waals surface area contributed by atoms with Gasteiger partial charge in [-0.1, -0.05) is 29.8 Å². The molecule has 3 amide bonds. The van der Waals surface area contributed by atoms with E-state index in [4.69, 9.17) is 0 Å². The van der Waals surface area contributed by atoms with Crippen LogP contribution < -0.4 is 16.0 Å². The van der Waals surface area contributed by atoms with Crippen LogP contribution in [-0.4, -0.2) is 25.0 Å². The molecule has 0 heterocycles. The van der Waals surface area contributed by atoms with Crippen molar-refractivity contribution in [2.45, 2.75) is 27.2 Å². The third-order valence-corrected chi connectivity index (χ3v) is 3.96. The average molecular weight is 357 g/mol. The van der Waals surface area contributed by atoms with Gasteiger partial charge in [0.2, 0.25) is 5.91 Å². The van der Waals surface area contributed by atoms with Gasteiger partial charge in [0.15, 0.2) is 0 Å². The Morgan fingerprint density at radius 2 is 1.58 bits per heavy atom. The Bertz CT molecular complexity index is 765. The largest absolute Gasteiger partial charge is 0.338 e. The molecule has 0 fully saturated rings. The highest BCUT2D eigenvalue weighted by Crippen LogP contribution is 2.21. The first kappa shape index (κ1) is 19.4. The topological polar surface area (TPSA) is 70.2 Å². The average Bonchev–Trinajstić information content (AvgIpc) is 2.58. The number of hydrogen-bond acceptors (Lipinski definition) is 2. The van der Waals surface area contributed by atoms with Gasteiger partial charge < -0.3 is 16.0 Å². The van der Waals surface area contributed by atoms with Crippen molar-refractivity contribution in [1.29, 1.82) is 0 Å². The molecule has 0 radical (unpaired) electrons. The second-order valence-electron chi connectivity index (χ2n) is 6.31. The first-order valence-electron chi connectivity index (χ1n) is 8.49. The summed E-state index contributed by atoms with van der Waals surface area (Å²) in [6, 6.07) is 9.70. The Hall–Kier alpha value is -2.89. The maximum atomic E-state index is 12.8. The van der Waals surface area contributed by atoms with Crippen molar-refractivity contribution in [2.24, 2.45) is 0 Å². The van der Waals surface area contributed by atoms with Crippen LogP contribution in [0.4, 0.5) is 14.9 Å². The molecule has 5 nitrogen and oxygen atoms in total. The Balaban J connectivity index is 1.73. The smallest absolute Gasteiger partial charge is 0.315 e. The van der Waals surface area contributed by atoms with Crippen LogP contribution in [0.5, 0.6) is 0 Å². The number of hydrogen-bond donors (Lipinski definition) is 3. The summed E-state index contributed by atoms with van der Waals surface area (Å²) in [6.07, 6.45) is 0.585. The minimum Gasteiger partial charge on any atom is -0.338 e. The first-order chi connectivity index (χ1) is 12.3. The Kier molecular flexibility index (Phi) is 6.72. The number of carbonyl (C=O) groups excluding carboxylic acids is 2. The highest BCUT2D eigenvalue weighted by Gasteiger charge is 2.09. The molecule has 2 aromatic rings. The summed E-state index contributed by atoms with van der Waals surface area (Å²) < 4.78 is 12.8. The van der Waals surface area contributed by atoms with Crippen LogP contribution in [0.1, 0.15) is 22.3 Å². The Morgan fingerprint density at radius 1 is 0.962 bits per heavy atom. The van der Waals surface area contributed by atoms with Crippen LogP contribution in [0.3, 0.4) is 0 Å². The molecule has 0 bridgehead atoms. The number of nitrogens with one attached hydrogen (secondary N) is 3. The molecule has 0 atom stereocenters. The minimum absolute atomic E-state index is 0.116. The molecule has 0 aliphatic carbocycles. The SMILES string of the molecule is Cc1cc(C)c(NC(=O)CNC(=O)NCCc2ccc(F)cc2)c(C)c1. The molecule has 0 saturated heterocycles. The number of halogens is 1. The molecule has 3 N–H and O–H groups in total. The maximum absolute atomic E-state index is 12.8. The van der Waals surface area contributed by atoms with Gasteiger partial charge >= 0.3 is 6.03 Å². The van der Waals surface area contributed by atoms with E-state index in [9.17, 15) is 14.0 Å². The second kappa shape index (κ2) is 8.99. The summed E-state index contributed by atoms with van der Waals surface area (Å²) in [5.74, 6) is -0.571. The van der Waals surface area contributed by atoms with E-state index in [0.717, 1.165) is 27.9 Å². The van der Waals surface area contributed by atoms with Gasteiger partial charge in [0.1, 0.15) is 5.82 Å². The van der Waals surface area contributed by atoms with Crippen LogP contribution >= 0.6 is 0 Å². The fourth-order valence-electron chi connectivity index (χ4n) is 2.76. The maximum Gasteiger partial charge on any atom is 0.315 e. The molecular formula is C20H24FN3O2. The third-order valence-electron chi connectivity index (χ3n) is 3.96. The highest BCUT2D eigenvalue weighted by atomic mass is 19.1. The lowest BCUT2D eigenvalue weighted by molar-refractivity contribution is -0.115. The van der Waals surface area contributed by atoms with Crippen molar-refractivity contribution in [1.82, 2.24) is 10.6 Å². The van der Waals surface area contributed by atoms with Gasteiger partial charge in [0.25, 0.3) is 0 Å². The van der Waals surface area contributed by atoms with Crippen LogP contribution in [0.15, 0.2) is 36.4 Å².